The van der Waals surface area contributed by atoms with Crippen LogP contribution < -0.4 is 5.32 Å². The summed E-state index contributed by atoms with van der Waals surface area (Å²) in [4.78, 5) is 0. The predicted octanol–water partition coefficient (Wildman–Crippen LogP) is 4.12. The molecule has 2 heteroatoms. The highest BCUT2D eigenvalue weighted by molar-refractivity contribution is 9.10. The minimum Gasteiger partial charge on any atom is -0.312 e. The average molecular weight is 282 g/mol. The minimum absolute atomic E-state index is 0.548. The Labute approximate surface area is 107 Å². The molecule has 0 heterocycles. The lowest BCUT2D eigenvalue weighted by Crippen LogP contribution is -2.29. The summed E-state index contributed by atoms with van der Waals surface area (Å²) >= 11 is 3.50. The van der Waals surface area contributed by atoms with Crippen molar-refractivity contribution in [2.75, 3.05) is 6.54 Å². The highest BCUT2D eigenvalue weighted by atomic mass is 79.9. The Hall–Kier alpha value is -0.340. The third kappa shape index (κ3) is 3.33. The second kappa shape index (κ2) is 5.33. The lowest BCUT2D eigenvalue weighted by Gasteiger charge is -2.23. The molecule has 1 nitrogen and oxygen atoms in total. The monoisotopic (exact) mass is 281 g/mol. The molecule has 0 unspecified atom stereocenters. The Bertz CT molecular complexity index is 342. The van der Waals surface area contributed by atoms with Crippen molar-refractivity contribution >= 4 is 15.9 Å². The van der Waals surface area contributed by atoms with Gasteiger partial charge in [0.1, 0.15) is 0 Å². The van der Waals surface area contributed by atoms with Crippen LogP contribution in [0.15, 0.2) is 28.7 Å². The first kappa shape index (κ1) is 12.1. The Morgan fingerprint density at radius 1 is 1.31 bits per heavy atom. The van der Waals surface area contributed by atoms with Crippen molar-refractivity contribution < 1.29 is 0 Å². The fourth-order valence-corrected chi connectivity index (χ4v) is 3.01. The quantitative estimate of drug-likeness (QED) is 0.876. The second-order valence-electron chi connectivity index (χ2n) is 5.25. The number of benzene rings is 1. The summed E-state index contributed by atoms with van der Waals surface area (Å²) in [5.41, 5.74) is 1.91. The summed E-state index contributed by atoms with van der Waals surface area (Å²) in [5, 5.41) is 3.59. The summed E-state index contributed by atoms with van der Waals surface area (Å²) in [6.45, 7) is 4.54. The third-order valence-corrected chi connectivity index (χ3v) is 4.07. The fourth-order valence-electron chi connectivity index (χ4n) is 2.56. The number of nitrogens with one attached hydrogen (secondary N) is 1. The van der Waals surface area contributed by atoms with Gasteiger partial charge in [-0.15, -0.1) is 0 Å². The van der Waals surface area contributed by atoms with Crippen LogP contribution >= 0.6 is 15.9 Å². The number of hydrogen-bond acceptors (Lipinski definition) is 1. The molecular weight excluding hydrogens is 262 g/mol. The van der Waals surface area contributed by atoms with Crippen molar-refractivity contribution in [2.45, 2.75) is 39.2 Å². The molecule has 1 N–H and O–H groups in total. The van der Waals surface area contributed by atoms with E-state index in [0.717, 1.165) is 13.1 Å². The smallest absolute Gasteiger partial charge is 0.0206 e. The summed E-state index contributed by atoms with van der Waals surface area (Å²) in [7, 11) is 0. The van der Waals surface area contributed by atoms with Crippen LogP contribution in [0.2, 0.25) is 0 Å². The van der Waals surface area contributed by atoms with Crippen molar-refractivity contribution in [3.8, 4) is 0 Å². The zero-order valence-corrected chi connectivity index (χ0v) is 11.5. The Balaban J connectivity index is 1.79. The van der Waals surface area contributed by atoms with Crippen LogP contribution in [0, 0.1) is 5.41 Å². The van der Waals surface area contributed by atoms with Crippen LogP contribution in [0.5, 0.6) is 0 Å². The van der Waals surface area contributed by atoms with E-state index in [1.165, 1.54) is 35.7 Å². The first-order chi connectivity index (χ1) is 7.68. The molecule has 0 radical (unpaired) electrons. The van der Waals surface area contributed by atoms with E-state index >= 15 is 0 Å². The summed E-state index contributed by atoms with van der Waals surface area (Å²) in [6, 6.07) is 8.53. The molecule has 1 aromatic carbocycles. The molecule has 0 amide bonds. The number of hydrogen-bond donors (Lipinski definition) is 1. The van der Waals surface area contributed by atoms with Crippen LogP contribution in [0.3, 0.4) is 0 Å². The van der Waals surface area contributed by atoms with E-state index in [4.69, 9.17) is 0 Å². The molecule has 2 rings (SSSR count). The van der Waals surface area contributed by atoms with E-state index in [0.29, 0.717) is 5.41 Å². The molecule has 0 aromatic heterocycles. The molecule has 1 aliphatic rings. The van der Waals surface area contributed by atoms with Gasteiger partial charge in [-0.2, -0.15) is 0 Å². The van der Waals surface area contributed by atoms with Crippen molar-refractivity contribution in [1.29, 1.82) is 0 Å². The summed E-state index contributed by atoms with van der Waals surface area (Å²) < 4.78 is 1.17. The molecule has 0 saturated heterocycles. The Morgan fingerprint density at radius 3 is 2.75 bits per heavy atom. The molecular formula is C14H20BrN. The maximum atomic E-state index is 3.59. The first-order valence-corrected chi connectivity index (χ1v) is 6.92. The minimum atomic E-state index is 0.548. The van der Waals surface area contributed by atoms with Crippen molar-refractivity contribution in [1.82, 2.24) is 5.32 Å². The van der Waals surface area contributed by atoms with Gasteiger partial charge in [-0.3, -0.25) is 0 Å². The lowest BCUT2D eigenvalue weighted by molar-refractivity contribution is 0.314. The van der Waals surface area contributed by atoms with Gasteiger partial charge in [0.05, 0.1) is 0 Å². The van der Waals surface area contributed by atoms with Crippen LogP contribution in [0.25, 0.3) is 0 Å². The second-order valence-corrected chi connectivity index (χ2v) is 6.17. The van der Waals surface area contributed by atoms with Gasteiger partial charge in [0.15, 0.2) is 0 Å². The molecule has 0 aliphatic heterocycles. The van der Waals surface area contributed by atoms with Crippen LogP contribution in [-0.2, 0) is 6.54 Å². The van der Waals surface area contributed by atoms with E-state index < -0.39 is 0 Å². The van der Waals surface area contributed by atoms with Crippen molar-refractivity contribution in [3.05, 3.63) is 34.3 Å². The fraction of sp³-hybridized carbons (Fsp3) is 0.571. The topological polar surface area (TPSA) is 12.0 Å². The Kier molecular flexibility index (Phi) is 4.04. The third-order valence-electron chi connectivity index (χ3n) is 3.58. The predicted molar refractivity (Wildman–Crippen MR) is 72.4 cm³/mol. The molecule has 88 valence electrons. The molecule has 0 bridgehead atoms. The van der Waals surface area contributed by atoms with Crippen LogP contribution in [0.1, 0.15) is 38.2 Å². The molecule has 0 atom stereocenters. The van der Waals surface area contributed by atoms with Crippen LogP contribution in [0.4, 0.5) is 0 Å². The van der Waals surface area contributed by atoms with Gasteiger partial charge in [-0.25, -0.2) is 0 Å². The van der Waals surface area contributed by atoms with Crippen LogP contribution in [-0.4, -0.2) is 6.54 Å². The van der Waals surface area contributed by atoms with E-state index in [2.05, 4.69) is 52.4 Å². The zero-order valence-electron chi connectivity index (χ0n) is 9.93. The van der Waals surface area contributed by atoms with Crippen molar-refractivity contribution in [3.63, 3.8) is 0 Å². The largest absolute Gasteiger partial charge is 0.312 e. The highest BCUT2D eigenvalue weighted by Gasteiger charge is 2.27. The maximum Gasteiger partial charge on any atom is 0.0206 e. The number of halogens is 1. The van der Waals surface area contributed by atoms with Crippen molar-refractivity contribution in [2.24, 2.45) is 5.41 Å². The molecule has 1 fully saturated rings. The average Bonchev–Trinajstić information content (AvgIpc) is 2.65. The number of rotatable bonds is 4. The van der Waals surface area contributed by atoms with E-state index in [-0.39, 0.29) is 0 Å². The van der Waals surface area contributed by atoms with Gasteiger partial charge >= 0.3 is 0 Å². The maximum absolute atomic E-state index is 3.59. The lowest BCUT2D eigenvalue weighted by atomic mass is 9.89. The standard InChI is InChI=1S/C14H20BrN/c1-14(7-2-3-8-14)11-16-10-12-5-4-6-13(15)9-12/h4-6,9,16H,2-3,7-8,10-11H2,1H3. The van der Waals surface area contributed by atoms with Gasteiger partial charge < -0.3 is 5.32 Å². The molecule has 16 heavy (non-hydrogen) atoms. The SMILES string of the molecule is CC1(CNCc2cccc(Br)c2)CCCC1. The molecule has 1 aromatic rings. The van der Waals surface area contributed by atoms with Gasteiger partial charge in [-0.05, 0) is 36.0 Å². The zero-order chi connectivity index (χ0) is 11.4. The van der Waals surface area contributed by atoms with Gasteiger partial charge in [0.2, 0.25) is 0 Å². The van der Waals surface area contributed by atoms with E-state index in [1.807, 2.05) is 0 Å². The van der Waals surface area contributed by atoms with E-state index in [9.17, 15) is 0 Å². The molecule has 1 aliphatic carbocycles. The van der Waals surface area contributed by atoms with Gasteiger partial charge in [0, 0.05) is 17.6 Å². The molecule has 0 spiro atoms. The van der Waals surface area contributed by atoms with Gasteiger partial charge in [0.25, 0.3) is 0 Å². The van der Waals surface area contributed by atoms with Gasteiger partial charge in [-0.1, -0.05) is 47.8 Å². The molecule has 1 saturated carbocycles. The summed E-state index contributed by atoms with van der Waals surface area (Å²) in [6.07, 6.45) is 5.60. The normalized spacial score (nSPS) is 18.9. The highest BCUT2D eigenvalue weighted by Crippen LogP contribution is 2.36. The van der Waals surface area contributed by atoms with E-state index in [1.54, 1.807) is 0 Å². The summed E-state index contributed by atoms with van der Waals surface area (Å²) in [5.74, 6) is 0. The first-order valence-electron chi connectivity index (χ1n) is 6.13. The Morgan fingerprint density at radius 2 is 2.06 bits per heavy atom.